The first-order chi connectivity index (χ1) is 6.56. The Morgan fingerprint density at radius 3 is 2.64 bits per heavy atom. The highest BCUT2D eigenvalue weighted by Crippen LogP contribution is 2.27. The van der Waals surface area contributed by atoms with Crippen molar-refractivity contribution in [2.75, 3.05) is 0 Å². The minimum Gasteiger partial charge on any atom is -0.385 e. The lowest BCUT2D eigenvalue weighted by Crippen LogP contribution is -2.22. The molecule has 1 aliphatic rings. The van der Waals surface area contributed by atoms with Crippen LogP contribution in [0.15, 0.2) is 12.2 Å². The third-order valence-electron chi connectivity index (χ3n) is 2.25. The van der Waals surface area contributed by atoms with E-state index < -0.39 is 24.6 Å². The van der Waals surface area contributed by atoms with Crippen LogP contribution in [0.5, 0.6) is 0 Å². The van der Waals surface area contributed by atoms with Crippen molar-refractivity contribution in [2.45, 2.75) is 37.4 Å². The molecule has 5 heteroatoms. The zero-order chi connectivity index (χ0) is 10.7. The molecule has 1 aliphatic heterocycles. The van der Waals surface area contributed by atoms with Crippen LogP contribution >= 0.6 is 0 Å². The van der Waals surface area contributed by atoms with Crippen molar-refractivity contribution in [3.8, 4) is 0 Å². The highest BCUT2D eigenvalue weighted by Gasteiger charge is 2.36. The molecular weight excluding hydrogens is 188 g/mol. The van der Waals surface area contributed by atoms with E-state index in [1.54, 1.807) is 0 Å². The summed E-state index contributed by atoms with van der Waals surface area (Å²) in [5.74, 6) is 0. The fraction of sp³-hybridized carbons (Fsp3) is 0.667. The number of aliphatic hydroxyl groups is 3. The molecule has 0 aromatic carbocycles. The first kappa shape index (κ1) is 11.3. The SMILES string of the molecule is C=C1[C@H](CCC(O)O)O[C@@H](C=O)[C@H]1O. The maximum atomic E-state index is 10.4. The first-order valence-corrected chi connectivity index (χ1v) is 4.40. The maximum Gasteiger partial charge on any atom is 0.151 e. The van der Waals surface area contributed by atoms with E-state index in [1.165, 1.54) is 0 Å². The summed E-state index contributed by atoms with van der Waals surface area (Å²) >= 11 is 0. The summed E-state index contributed by atoms with van der Waals surface area (Å²) < 4.78 is 5.15. The van der Waals surface area contributed by atoms with Gasteiger partial charge in [-0.25, -0.2) is 0 Å². The third-order valence-corrected chi connectivity index (χ3v) is 2.25. The van der Waals surface area contributed by atoms with Crippen LogP contribution in [-0.4, -0.2) is 46.2 Å². The Morgan fingerprint density at radius 2 is 2.21 bits per heavy atom. The number of hydrogen-bond acceptors (Lipinski definition) is 5. The topological polar surface area (TPSA) is 87.0 Å². The van der Waals surface area contributed by atoms with Crippen LogP contribution in [0.1, 0.15) is 12.8 Å². The fourth-order valence-electron chi connectivity index (χ4n) is 1.41. The van der Waals surface area contributed by atoms with Crippen molar-refractivity contribution in [2.24, 2.45) is 0 Å². The fourth-order valence-corrected chi connectivity index (χ4v) is 1.41. The molecule has 14 heavy (non-hydrogen) atoms. The number of hydrogen-bond donors (Lipinski definition) is 3. The van der Waals surface area contributed by atoms with Gasteiger partial charge in [-0.15, -0.1) is 0 Å². The number of rotatable bonds is 4. The summed E-state index contributed by atoms with van der Waals surface area (Å²) in [5.41, 5.74) is 0.419. The molecule has 0 aliphatic carbocycles. The predicted molar refractivity (Wildman–Crippen MR) is 47.3 cm³/mol. The number of aliphatic hydroxyl groups excluding tert-OH is 2. The van der Waals surface area contributed by atoms with Crippen LogP contribution in [0.3, 0.4) is 0 Å². The molecule has 0 amide bonds. The maximum absolute atomic E-state index is 10.4. The van der Waals surface area contributed by atoms with E-state index in [0.29, 0.717) is 18.3 Å². The van der Waals surface area contributed by atoms with E-state index in [9.17, 15) is 9.90 Å². The van der Waals surface area contributed by atoms with E-state index in [0.717, 1.165) is 0 Å². The van der Waals surface area contributed by atoms with Gasteiger partial charge in [0.05, 0.1) is 6.10 Å². The molecule has 0 spiro atoms. The summed E-state index contributed by atoms with van der Waals surface area (Å²) in [6.07, 6.45) is -2.75. The smallest absolute Gasteiger partial charge is 0.151 e. The summed E-state index contributed by atoms with van der Waals surface area (Å²) in [4.78, 5) is 10.4. The molecule has 1 heterocycles. The van der Waals surface area contributed by atoms with Crippen LogP contribution in [0, 0.1) is 0 Å². The second-order valence-electron chi connectivity index (χ2n) is 3.30. The number of carbonyl (C=O) groups excluding carboxylic acids is 1. The van der Waals surface area contributed by atoms with Gasteiger partial charge in [0.15, 0.2) is 12.6 Å². The molecule has 1 rings (SSSR count). The zero-order valence-electron chi connectivity index (χ0n) is 7.67. The van der Waals surface area contributed by atoms with Crippen molar-refractivity contribution in [3.05, 3.63) is 12.2 Å². The molecule has 0 saturated carbocycles. The van der Waals surface area contributed by atoms with E-state index in [1.807, 2.05) is 0 Å². The standard InChI is InChI=1S/C9H14O5/c1-5-6(2-3-8(11)12)14-7(4-10)9(5)13/h4,6-9,11-13H,1-3H2/t6-,7-,9-/m0/s1. The highest BCUT2D eigenvalue weighted by atomic mass is 16.5. The van der Waals surface area contributed by atoms with Crippen LogP contribution in [0.25, 0.3) is 0 Å². The van der Waals surface area contributed by atoms with Gasteiger partial charge in [0.2, 0.25) is 0 Å². The molecule has 3 atom stereocenters. The quantitative estimate of drug-likeness (QED) is 0.308. The van der Waals surface area contributed by atoms with Gasteiger partial charge in [-0.1, -0.05) is 6.58 Å². The van der Waals surface area contributed by atoms with Gasteiger partial charge in [-0.3, -0.25) is 0 Å². The third kappa shape index (κ3) is 2.39. The van der Waals surface area contributed by atoms with Crippen molar-refractivity contribution in [3.63, 3.8) is 0 Å². The van der Waals surface area contributed by atoms with E-state index in [4.69, 9.17) is 14.9 Å². The molecule has 0 aromatic heterocycles. The van der Waals surface area contributed by atoms with Crippen LogP contribution in [0.2, 0.25) is 0 Å². The predicted octanol–water partition coefficient (Wildman–Crippen LogP) is -1.04. The van der Waals surface area contributed by atoms with Crippen molar-refractivity contribution >= 4 is 6.29 Å². The van der Waals surface area contributed by atoms with E-state index in [-0.39, 0.29) is 6.42 Å². The minimum absolute atomic E-state index is 0.127. The molecular formula is C9H14O5. The molecule has 0 aromatic rings. The average Bonchev–Trinajstić information content (AvgIpc) is 2.41. The second kappa shape index (κ2) is 4.65. The summed E-state index contributed by atoms with van der Waals surface area (Å²) in [6, 6.07) is 0. The van der Waals surface area contributed by atoms with E-state index >= 15 is 0 Å². The van der Waals surface area contributed by atoms with Crippen LogP contribution in [-0.2, 0) is 9.53 Å². The molecule has 80 valence electrons. The normalized spacial score (nSPS) is 32.6. The van der Waals surface area contributed by atoms with Gasteiger partial charge >= 0.3 is 0 Å². The molecule has 0 radical (unpaired) electrons. The number of aldehydes is 1. The Labute approximate surface area is 81.6 Å². The van der Waals surface area contributed by atoms with Gasteiger partial charge in [-0.05, 0) is 12.0 Å². The van der Waals surface area contributed by atoms with Gasteiger partial charge in [0, 0.05) is 6.42 Å². The summed E-state index contributed by atoms with van der Waals surface area (Å²) in [6.45, 7) is 3.60. The summed E-state index contributed by atoms with van der Waals surface area (Å²) in [7, 11) is 0. The van der Waals surface area contributed by atoms with Gasteiger partial charge in [-0.2, -0.15) is 0 Å². The van der Waals surface area contributed by atoms with Crippen molar-refractivity contribution < 1.29 is 24.9 Å². The van der Waals surface area contributed by atoms with Gasteiger partial charge in [0.25, 0.3) is 0 Å². The lowest BCUT2D eigenvalue weighted by Gasteiger charge is -2.11. The Morgan fingerprint density at radius 1 is 1.57 bits per heavy atom. The molecule has 1 saturated heterocycles. The molecule has 0 bridgehead atoms. The highest BCUT2D eigenvalue weighted by molar-refractivity contribution is 5.59. The second-order valence-corrected chi connectivity index (χ2v) is 3.30. The molecule has 1 fully saturated rings. The lowest BCUT2D eigenvalue weighted by molar-refractivity contribution is -0.121. The average molecular weight is 202 g/mol. The van der Waals surface area contributed by atoms with E-state index in [2.05, 4.69) is 6.58 Å². The Kier molecular flexibility index (Phi) is 3.77. The molecule has 0 unspecified atom stereocenters. The molecule has 3 N–H and O–H groups in total. The summed E-state index contributed by atoms with van der Waals surface area (Å²) in [5, 5.41) is 26.7. The minimum atomic E-state index is -1.40. The largest absolute Gasteiger partial charge is 0.385 e. The Balaban J connectivity index is 2.48. The monoisotopic (exact) mass is 202 g/mol. The molecule has 5 nitrogen and oxygen atoms in total. The first-order valence-electron chi connectivity index (χ1n) is 4.40. The van der Waals surface area contributed by atoms with Crippen molar-refractivity contribution in [1.82, 2.24) is 0 Å². The zero-order valence-corrected chi connectivity index (χ0v) is 7.67. The number of carbonyl (C=O) groups is 1. The van der Waals surface area contributed by atoms with Gasteiger partial charge in [0.1, 0.15) is 12.2 Å². The Hall–Kier alpha value is -0.750. The van der Waals surface area contributed by atoms with Crippen LogP contribution < -0.4 is 0 Å². The number of ether oxygens (including phenoxy) is 1. The Bertz CT molecular complexity index is 225. The van der Waals surface area contributed by atoms with Crippen LogP contribution in [0.4, 0.5) is 0 Å². The lowest BCUT2D eigenvalue weighted by atomic mass is 10.0. The van der Waals surface area contributed by atoms with Gasteiger partial charge < -0.3 is 24.9 Å². The van der Waals surface area contributed by atoms with Crippen molar-refractivity contribution in [1.29, 1.82) is 0 Å².